The molecule has 3 aromatic rings. The lowest BCUT2D eigenvalue weighted by molar-refractivity contribution is 0.0706. The Morgan fingerprint density at radius 1 is 1.15 bits per heavy atom. The van der Waals surface area contributed by atoms with Crippen LogP contribution in [0.5, 0.6) is 5.75 Å². The maximum Gasteiger partial charge on any atom is 0.274 e. The molecule has 136 valence electrons. The fourth-order valence-electron chi connectivity index (χ4n) is 2.90. The summed E-state index contributed by atoms with van der Waals surface area (Å²) in [6.45, 7) is 2.08. The first-order valence-electron chi connectivity index (χ1n) is 8.46. The Balaban J connectivity index is 1.63. The van der Waals surface area contributed by atoms with Crippen LogP contribution in [0.25, 0.3) is 10.9 Å². The lowest BCUT2D eigenvalue weighted by Crippen LogP contribution is -2.18. The molecule has 2 aromatic carbocycles. The lowest BCUT2D eigenvalue weighted by atomic mass is 10.1. The summed E-state index contributed by atoms with van der Waals surface area (Å²) in [6.07, 6.45) is 1.97. The van der Waals surface area contributed by atoms with Gasteiger partial charge in [-0.25, -0.2) is 5.48 Å². The summed E-state index contributed by atoms with van der Waals surface area (Å²) < 4.78 is 7.87. The van der Waals surface area contributed by atoms with E-state index < -0.39 is 5.91 Å². The minimum absolute atomic E-state index is 0.414. The molecule has 0 saturated carbocycles. The molecule has 0 aliphatic carbocycles. The predicted octanol–water partition coefficient (Wildman–Crippen LogP) is 2.90. The van der Waals surface area contributed by atoms with Crippen molar-refractivity contribution in [2.24, 2.45) is 0 Å². The van der Waals surface area contributed by atoms with Gasteiger partial charge >= 0.3 is 0 Å². The monoisotopic (exact) mass is 353 g/mol. The van der Waals surface area contributed by atoms with E-state index >= 15 is 0 Å². The van der Waals surface area contributed by atoms with Crippen molar-refractivity contribution in [3.05, 3.63) is 65.9 Å². The fourth-order valence-corrected chi connectivity index (χ4v) is 2.90. The molecule has 0 radical (unpaired) electrons. The Labute approximate surface area is 152 Å². The van der Waals surface area contributed by atoms with Crippen LogP contribution in [-0.4, -0.2) is 41.3 Å². The Bertz CT molecular complexity index is 885. The quantitative estimate of drug-likeness (QED) is 0.506. The maximum absolute atomic E-state index is 11.6. The Morgan fingerprint density at radius 3 is 2.62 bits per heavy atom. The zero-order chi connectivity index (χ0) is 18.5. The van der Waals surface area contributed by atoms with Gasteiger partial charge in [0.25, 0.3) is 5.91 Å². The van der Waals surface area contributed by atoms with Crippen molar-refractivity contribution in [2.45, 2.75) is 13.1 Å². The first-order chi connectivity index (χ1) is 12.6. The van der Waals surface area contributed by atoms with Crippen molar-refractivity contribution in [1.82, 2.24) is 14.9 Å². The number of aromatic nitrogens is 1. The van der Waals surface area contributed by atoms with Crippen LogP contribution in [0.4, 0.5) is 0 Å². The summed E-state index contributed by atoms with van der Waals surface area (Å²) in [5, 5.41) is 9.82. The summed E-state index contributed by atoms with van der Waals surface area (Å²) >= 11 is 0. The number of nitrogens with zero attached hydrogens (tertiary/aromatic N) is 2. The largest absolute Gasteiger partial charge is 0.492 e. The first kappa shape index (κ1) is 18.0. The summed E-state index contributed by atoms with van der Waals surface area (Å²) in [4.78, 5) is 13.7. The van der Waals surface area contributed by atoms with Crippen molar-refractivity contribution in [1.29, 1.82) is 0 Å². The van der Waals surface area contributed by atoms with Gasteiger partial charge in [0.15, 0.2) is 0 Å². The van der Waals surface area contributed by atoms with Crippen LogP contribution in [0.3, 0.4) is 0 Å². The third-order valence-corrected chi connectivity index (χ3v) is 4.16. The number of hydroxylamine groups is 1. The SMILES string of the molecule is CN(C)Cc1ccc(OCCn2ccc3ccc(C(=O)NO)cc32)cc1. The zero-order valence-corrected chi connectivity index (χ0v) is 15.0. The second-order valence-electron chi connectivity index (χ2n) is 6.45. The Kier molecular flexibility index (Phi) is 5.55. The summed E-state index contributed by atoms with van der Waals surface area (Å²) in [5.41, 5.74) is 4.25. The van der Waals surface area contributed by atoms with Crippen molar-refractivity contribution in [2.75, 3.05) is 20.7 Å². The van der Waals surface area contributed by atoms with Gasteiger partial charge in [-0.1, -0.05) is 18.2 Å². The molecule has 0 unspecified atom stereocenters. The van der Waals surface area contributed by atoms with Crippen molar-refractivity contribution >= 4 is 16.8 Å². The standard InChI is InChI=1S/C20H23N3O3/c1-22(2)14-15-3-7-18(8-4-15)26-12-11-23-10-9-16-5-6-17(13-19(16)23)20(24)21-25/h3-10,13,25H,11-12,14H2,1-2H3,(H,21,24). The zero-order valence-electron chi connectivity index (χ0n) is 15.0. The van der Waals surface area contributed by atoms with Gasteiger partial charge in [0, 0.05) is 23.8 Å². The molecule has 3 rings (SSSR count). The van der Waals surface area contributed by atoms with E-state index in [4.69, 9.17) is 9.94 Å². The summed E-state index contributed by atoms with van der Waals surface area (Å²) in [5.74, 6) is 0.318. The van der Waals surface area contributed by atoms with E-state index in [1.54, 1.807) is 17.6 Å². The van der Waals surface area contributed by atoms with Gasteiger partial charge in [-0.2, -0.15) is 0 Å². The minimum Gasteiger partial charge on any atom is -0.492 e. The van der Waals surface area contributed by atoms with Crippen LogP contribution >= 0.6 is 0 Å². The van der Waals surface area contributed by atoms with Gasteiger partial charge in [-0.3, -0.25) is 10.0 Å². The molecule has 0 aliphatic rings. The third-order valence-electron chi connectivity index (χ3n) is 4.16. The number of benzene rings is 2. The molecule has 0 atom stereocenters. The average molecular weight is 353 g/mol. The summed E-state index contributed by atoms with van der Waals surface area (Å²) in [7, 11) is 4.09. The maximum atomic E-state index is 11.6. The van der Waals surface area contributed by atoms with E-state index in [-0.39, 0.29) is 0 Å². The number of amides is 1. The Morgan fingerprint density at radius 2 is 1.92 bits per heavy atom. The molecule has 26 heavy (non-hydrogen) atoms. The van der Waals surface area contributed by atoms with Crippen LogP contribution in [0.1, 0.15) is 15.9 Å². The molecule has 0 fully saturated rings. The highest BCUT2D eigenvalue weighted by atomic mass is 16.5. The number of ether oxygens (including phenoxy) is 1. The third kappa shape index (κ3) is 4.22. The molecule has 0 saturated heterocycles. The lowest BCUT2D eigenvalue weighted by Gasteiger charge is -2.11. The number of hydrogen-bond acceptors (Lipinski definition) is 4. The number of hydrogen-bond donors (Lipinski definition) is 2. The van der Waals surface area contributed by atoms with Gasteiger partial charge in [0.2, 0.25) is 0 Å². The van der Waals surface area contributed by atoms with Crippen molar-refractivity contribution < 1.29 is 14.7 Å². The van der Waals surface area contributed by atoms with Crippen LogP contribution in [0, 0.1) is 0 Å². The second-order valence-corrected chi connectivity index (χ2v) is 6.45. The second kappa shape index (κ2) is 8.03. The van der Waals surface area contributed by atoms with Gasteiger partial charge in [-0.15, -0.1) is 0 Å². The van der Waals surface area contributed by atoms with E-state index in [0.29, 0.717) is 18.7 Å². The average Bonchev–Trinajstić information content (AvgIpc) is 3.04. The smallest absolute Gasteiger partial charge is 0.274 e. The van der Waals surface area contributed by atoms with Gasteiger partial charge < -0.3 is 14.2 Å². The van der Waals surface area contributed by atoms with Crippen molar-refractivity contribution in [3.63, 3.8) is 0 Å². The summed E-state index contributed by atoms with van der Waals surface area (Å²) in [6, 6.07) is 15.4. The molecule has 1 heterocycles. The first-order valence-corrected chi connectivity index (χ1v) is 8.46. The Hall–Kier alpha value is -2.83. The van der Waals surface area contributed by atoms with E-state index in [0.717, 1.165) is 23.2 Å². The molecule has 0 aliphatic heterocycles. The highest BCUT2D eigenvalue weighted by molar-refractivity contribution is 5.97. The molecule has 0 spiro atoms. The van der Waals surface area contributed by atoms with Gasteiger partial charge in [0.1, 0.15) is 12.4 Å². The number of nitrogens with one attached hydrogen (secondary N) is 1. The van der Waals surface area contributed by atoms with Gasteiger partial charge in [0.05, 0.1) is 6.54 Å². The highest BCUT2D eigenvalue weighted by Crippen LogP contribution is 2.18. The van der Waals surface area contributed by atoms with E-state index in [2.05, 4.69) is 17.0 Å². The highest BCUT2D eigenvalue weighted by Gasteiger charge is 2.08. The molecule has 2 N–H and O–H groups in total. The van der Waals surface area contributed by atoms with Gasteiger partial charge in [-0.05, 0) is 55.4 Å². The van der Waals surface area contributed by atoms with Crippen LogP contribution in [-0.2, 0) is 13.1 Å². The molecular formula is C20H23N3O3. The predicted molar refractivity (Wildman–Crippen MR) is 101 cm³/mol. The number of carbonyl (C=O) groups excluding carboxylic acids is 1. The minimum atomic E-state index is -0.520. The van der Waals surface area contributed by atoms with Crippen LogP contribution in [0.15, 0.2) is 54.7 Å². The van der Waals surface area contributed by atoms with Crippen molar-refractivity contribution in [3.8, 4) is 5.75 Å². The normalized spacial score (nSPS) is 11.1. The molecule has 1 amide bonds. The molecule has 6 nitrogen and oxygen atoms in total. The molecule has 1 aromatic heterocycles. The molecule has 0 bridgehead atoms. The molecular weight excluding hydrogens is 330 g/mol. The van der Waals surface area contributed by atoms with E-state index in [1.807, 2.05) is 49.1 Å². The fraction of sp³-hybridized carbons (Fsp3) is 0.250. The topological polar surface area (TPSA) is 66.7 Å². The number of fused-ring (bicyclic) bond motifs is 1. The number of carbonyl (C=O) groups is 1. The van der Waals surface area contributed by atoms with Crippen LogP contribution in [0.2, 0.25) is 0 Å². The van der Waals surface area contributed by atoms with E-state index in [1.165, 1.54) is 5.56 Å². The van der Waals surface area contributed by atoms with Crippen LogP contribution < -0.4 is 10.2 Å². The number of rotatable bonds is 7. The van der Waals surface area contributed by atoms with E-state index in [9.17, 15) is 4.79 Å². The molecule has 6 heteroatoms.